The van der Waals surface area contributed by atoms with Gasteiger partial charge in [0.1, 0.15) is 11.5 Å². The number of halogens is 1. The van der Waals surface area contributed by atoms with Crippen LogP contribution in [0.2, 0.25) is 0 Å². The Labute approximate surface area is 188 Å². The summed E-state index contributed by atoms with van der Waals surface area (Å²) in [6.07, 6.45) is 5.75. The molecule has 3 aromatic carbocycles. The third-order valence-corrected chi connectivity index (χ3v) is 5.62. The third-order valence-electron chi connectivity index (χ3n) is 4.93. The largest absolute Gasteiger partial charge is 0.457 e. The topological polar surface area (TPSA) is 39.2 Å². The Morgan fingerprint density at radius 1 is 0.645 bits per heavy atom. The van der Waals surface area contributed by atoms with Gasteiger partial charge in [-0.1, -0.05) is 82.7 Å². The first-order valence-electron chi connectivity index (χ1n) is 9.91. The van der Waals surface area contributed by atoms with E-state index in [2.05, 4.69) is 20.9 Å². The number of hydrogen-bond donors (Lipinski definition) is 0. The van der Waals surface area contributed by atoms with Gasteiger partial charge in [-0.3, -0.25) is 0 Å². The average molecular weight is 468 g/mol. The first-order valence-corrected chi connectivity index (χ1v) is 10.7. The van der Waals surface area contributed by atoms with Crippen molar-refractivity contribution in [2.45, 2.75) is 0 Å². The van der Waals surface area contributed by atoms with Crippen molar-refractivity contribution in [2.24, 2.45) is 0 Å². The maximum Gasteiger partial charge on any atom is 0.226 e. The van der Waals surface area contributed by atoms with Crippen LogP contribution in [0.1, 0.15) is 11.3 Å². The normalized spacial score (nSPS) is 11.3. The molecule has 0 radical (unpaired) electrons. The van der Waals surface area contributed by atoms with Crippen LogP contribution in [0.3, 0.4) is 0 Å². The minimum Gasteiger partial charge on any atom is -0.457 e. The lowest BCUT2D eigenvalue weighted by Gasteiger charge is -1.99. The molecule has 5 aromatic rings. The van der Waals surface area contributed by atoms with E-state index in [9.17, 15) is 0 Å². The lowest BCUT2D eigenvalue weighted by molar-refractivity contribution is 0.572. The molecule has 2 heterocycles. The fourth-order valence-electron chi connectivity index (χ4n) is 3.31. The number of oxazole rings is 1. The molecule has 0 spiro atoms. The van der Waals surface area contributed by atoms with Crippen molar-refractivity contribution in [3.05, 3.63) is 113 Å². The van der Waals surface area contributed by atoms with Gasteiger partial charge in [0.05, 0.1) is 6.20 Å². The molecule has 2 aromatic heterocycles. The molecule has 0 aliphatic rings. The van der Waals surface area contributed by atoms with Gasteiger partial charge in [0.25, 0.3) is 0 Å². The van der Waals surface area contributed by atoms with Gasteiger partial charge in [-0.25, -0.2) is 4.98 Å². The Bertz CT molecular complexity index is 1330. The molecule has 0 unspecified atom stereocenters. The minimum atomic E-state index is 0.610. The van der Waals surface area contributed by atoms with Crippen LogP contribution in [0.25, 0.3) is 46.3 Å². The predicted molar refractivity (Wildman–Crippen MR) is 128 cm³/mol. The van der Waals surface area contributed by atoms with Gasteiger partial charge in [-0.05, 0) is 42.0 Å². The molecule has 150 valence electrons. The summed E-state index contributed by atoms with van der Waals surface area (Å²) >= 11 is 3.57. The van der Waals surface area contributed by atoms with Gasteiger partial charge >= 0.3 is 0 Å². The molecule has 3 nitrogen and oxygen atoms in total. The molecule has 0 bridgehead atoms. The van der Waals surface area contributed by atoms with Crippen LogP contribution in [0.5, 0.6) is 0 Å². The van der Waals surface area contributed by atoms with Crippen molar-refractivity contribution in [1.29, 1.82) is 0 Å². The summed E-state index contributed by atoms with van der Waals surface area (Å²) in [5.41, 5.74) is 4.06. The van der Waals surface area contributed by atoms with Crippen molar-refractivity contribution in [2.75, 3.05) is 0 Å². The second-order valence-electron chi connectivity index (χ2n) is 7.03. The van der Waals surface area contributed by atoms with Crippen molar-refractivity contribution in [1.82, 2.24) is 4.98 Å². The fourth-order valence-corrected chi connectivity index (χ4v) is 3.79. The number of benzene rings is 3. The molecule has 5 rings (SSSR count). The Balaban J connectivity index is 1.31. The average Bonchev–Trinajstić information content (AvgIpc) is 3.49. The number of furan rings is 1. The zero-order valence-corrected chi connectivity index (χ0v) is 18.1. The molecular weight excluding hydrogens is 450 g/mol. The second kappa shape index (κ2) is 8.62. The van der Waals surface area contributed by atoms with Gasteiger partial charge in [0, 0.05) is 21.2 Å². The molecule has 4 heteroatoms. The second-order valence-corrected chi connectivity index (χ2v) is 7.89. The van der Waals surface area contributed by atoms with E-state index >= 15 is 0 Å². The lowest BCUT2D eigenvalue weighted by Crippen LogP contribution is -1.78. The number of rotatable bonds is 5. The Kier molecular flexibility index (Phi) is 5.38. The number of nitrogens with zero attached hydrogens (tertiary/aromatic N) is 1. The van der Waals surface area contributed by atoms with Crippen LogP contribution in [-0.4, -0.2) is 4.98 Å². The zero-order chi connectivity index (χ0) is 21.0. The molecular formula is C27H18BrNO2. The van der Waals surface area contributed by atoms with Gasteiger partial charge in [0.15, 0.2) is 5.76 Å². The summed E-state index contributed by atoms with van der Waals surface area (Å²) in [6.45, 7) is 0. The van der Waals surface area contributed by atoms with E-state index in [1.165, 1.54) is 0 Å². The van der Waals surface area contributed by atoms with Crippen molar-refractivity contribution >= 4 is 28.1 Å². The number of aromatic nitrogens is 1. The first kappa shape index (κ1) is 19.3. The van der Waals surface area contributed by atoms with Crippen molar-refractivity contribution in [3.63, 3.8) is 0 Å². The Hall–Kier alpha value is -3.63. The first-order chi connectivity index (χ1) is 15.3. The molecule has 0 amide bonds. The van der Waals surface area contributed by atoms with E-state index in [0.29, 0.717) is 5.89 Å². The molecule has 0 fully saturated rings. The van der Waals surface area contributed by atoms with Gasteiger partial charge in [0.2, 0.25) is 5.89 Å². The maximum atomic E-state index is 5.97. The predicted octanol–water partition coefficient (Wildman–Crippen LogP) is 8.20. The monoisotopic (exact) mass is 467 g/mol. The van der Waals surface area contributed by atoms with Gasteiger partial charge in [-0.15, -0.1) is 0 Å². The minimum absolute atomic E-state index is 0.610. The quantitative estimate of drug-likeness (QED) is 0.261. The Morgan fingerprint density at radius 2 is 1.42 bits per heavy atom. The molecule has 0 aliphatic carbocycles. The van der Waals surface area contributed by atoms with Crippen molar-refractivity contribution < 1.29 is 8.83 Å². The molecule has 31 heavy (non-hydrogen) atoms. The van der Waals surface area contributed by atoms with E-state index in [-0.39, 0.29) is 0 Å². The van der Waals surface area contributed by atoms with Crippen molar-refractivity contribution in [3.8, 4) is 34.1 Å². The van der Waals surface area contributed by atoms with E-state index in [0.717, 1.165) is 44.0 Å². The van der Waals surface area contributed by atoms with Crippen LogP contribution < -0.4 is 0 Å². The molecule has 0 saturated carbocycles. The van der Waals surface area contributed by atoms with E-state index in [1.54, 1.807) is 6.20 Å². The third kappa shape index (κ3) is 4.30. The van der Waals surface area contributed by atoms with Crippen LogP contribution in [0.4, 0.5) is 0 Å². The molecule has 0 saturated heterocycles. The summed E-state index contributed by atoms with van der Waals surface area (Å²) in [6, 6.07) is 30.0. The number of hydrogen-bond acceptors (Lipinski definition) is 3. The summed E-state index contributed by atoms with van der Waals surface area (Å²) in [4.78, 5) is 4.42. The standard InChI is InChI=1S/C27H18BrNO2/c28-24-9-5-4-8-23(24)25-17-16-22(30-25)15-12-19-10-13-21(14-11-19)27-29-18-26(31-27)20-6-2-1-3-7-20/h1-18H. The molecule has 0 N–H and O–H groups in total. The van der Waals surface area contributed by atoms with Crippen LogP contribution in [0, 0.1) is 0 Å². The highest BCUT2D eigenvalue weighted by atomic mass is 79.9. The van der Waals surface area contributed by atoms with Crippen LogP contribution >= 0.6 is 15.9 Å². The SMILES string of the molecule is Brc1ccccc1-c1ccc(C=Cc2ccc(-c3ncc(-c4ccccc4)o3)cc2)o1. The Morgan fingerprint density at radius 3 is 2.23 bits per heavy atom. The van der Waals surface area contributed by atoms with E-state index < -0.39 is 0 Å². The molecule has 0 atom stereocenters. The van der Waals surface area contributed by atoms with E-state index in [1.807, 2.05) is 103 Å². The fraction of sp³-hybridized carbons (Fsp3) is 0. The van der Waals surface area contributed by atoms with E-state index in [4.69, 9.17) is 8.83 Å². The zero-order valence-electron chi connectivity index (χ0n) is 16.5. The van der Waals surface area contributed by atoms with Crippen LogP contribution in [0.15, 0.2) is 110 Å². The summed E-state index contributed by atoms with van der Waals surface area (Å²) in [5, 5.41) is 0. The highest BCUT2D eigenvalue weighted by Crippen LogP contribution is 2.30. The highest BCUT2D eigenvalue weighted by Gasteiger charge is 2.09. The lowest BCUT2D eigenvalue weighted by atomic mass is 10.1. The summed E-state index contributed by atoms with van der Waals surface area (Å²) in [7, 11) is 0. The highest BCUT2D eigenvalue weighted by molar-refractivity contribution is 9.10. The van der Waals surface area contributed by atoms with Gasteiger partial charge < -0.3 is 8.83 Å². The maximum absolute atomic E-state index is 5.97. The summed E-state index contributed by atoms with van der Waals surface area (Å²) < 4.78 is 12.9. The summed E-state index contributed by atoms with van der Waals surface area (Å²) in [5.74, 6) is 3.01. The molecule has 0 aliphatic heterocycles. The van der Waals surface area contributed by atoms with Gasteiger partial charge in [-0.2, -0.15) is 0 Å². The van der Waals surface area contributed by atoms with Crippen LogP contribution in [-0.2, 0) is 0 Å². The smallest absolute Gasteiger partial charge is 0.226 e.